The maximum Gasteiger partial charge on any atom is 0.128 e. The van der Waals surface area contributed by atoms with Crippen LogP contribution in [0.15, 0.2) is 24.3 Å². The first-order valence-corrected chi connectivity index (χ1v) is 6.18. The smallest absolute Gasteiger partial charge is 0.128 e. The van der Waals surface area contributed by atoms with Gasteiger partial charge in [0.05, 0.1) is 25.4 Å². The molecule has 1 N–H and O–H groups in total. The largest absolute Gasteiger partial charge is 0.389 e. The van der Waals surface area contributed by atoms with Gasteiger partial charge in [0.2, 0.25) is 0 Å². The maximum absolute atomic E-state index is 13.3. The molecular weight excluding hydrogens is 247 g/mol. The van der Waals surface area contributed by atoms with Crippen molar-refractivity contribution in [1.82, 2.24) is 4.90 Å². The van der Waals surface area contributed by atoms with Gasteiger partial charge >= 0.3 is 0 Å². The van der Waals surface area contributed by atoms with Gasteiger partial charge in [0.1, 0.15) is 5.82 Å². The van der Waals surface area contributed by atoms with Gasteiger partial charge in [-0.3, -0.25) is 0 Å². The third-order valence-electron chi connectivity index (χ3n) is 2.65. The minimum Gasteiger partial charge on any atom is -0.389 e. The van der Waals surface area contributed by atoms with Crippen molar-refractivity contribution in [2.75, 3.05) is 26.7 Å². The number of nitriles is 1. The summed E-state index contributed by atoms with van der Waals surface area (Å²) in [5, 5.41) is 18.2. The first-order valence-electron chi connectivity index (χ1n) is 6.18. The molecule has 0 amide bonds. The highest BCUT2D eigenvalue weighted by molar-refractivity contribution is 5.16. The molecule has 0 bridgehead atoms. The number of nitrogens with zero attached hydrogens (tertiary/aromatic N) is 2. The van der Waals surface area contributed by atoms with Crippen LogP contribution >= 0.6 is 0 Å². The Labute approximate surface area is 113 Å². The lowest BCUT2D eigenvalue weighted by Gasteiger charge is -2.19. The monoisotopic (exact) mass is 266 g/mol. The molecule has 1 aromatic rings. The van der Waals surface area contributed by atoms with E-state index < -0.39 is 6.10 Å². The molecular formula is C14H19FN2O2. The first kappa shape index (κ1) is 15.6. The molecule has 0 saturated carbocycles. The summed E-state index contributed by atoms with van der Waals surface area (Å²) in [6.07, 6.45) is -0.213. The van der Waals surface area contributed by atoms with Crippen LogP contribution in [0.4, 0.5) is 4.39 Å². The number of hydrogen-bond donors (Lipinski definition) is 1. The molecule has 5 heteroatoms. The van der Waals surface area contributed by atoms with E-state index in [-0.39, 0.29) is 19.0 Å². The Morgan fingerprint density at radius 1 is 1.47 bits per heavy atom. The van der Waals surface area contributed by atoms with Crippen molar-refractivity contribution in [3.63, 3.8) is 0 Å². The van der Waals surface area contributed by atoms with Crippen LogP contribution in [-0.2, 0) is 11.3 Å². The predicted molar refractivity (Wildman–Crippen MR) is 69.8 cm³/mol. The maximum atomic E-state index is 13.3. The van der Waals surface area contributed by atoms with Gasteiger partial charge in [-0.25, -0.2) is 4.39 Å². The molecule has 0 heterocycles. The van der Waals surface area contributed by atoms with Gasteiger partial charge in [-0.05, 0) is 13.1 Å². The normalized spacial score (nSPS) is 12.4. The lowest BCUT2D eigenvalue weighted by Crippen LogP contribution is -2.32. The summed E-state index contributed by atoms with van der Waals surface area (Å²) in [7, 11) is 1.83. The minimum absolute atomic E-state index is 0.144. The van der Waals surface area contributed by atoms with Gasteiger partial charge in [0.25, 0.3) is 0 Å². The number of benzene rings is 1. The topological polar surface area (TPSA) is 56.5 Å². The second-order valence-corrected chi connectivity index (χ2v) is 4.43. The zero-order valence-electron chi connectivity index (χ0n) is 11.1. The molecule has 0 spiro atoms. The van der Waals surface area contributed by atoms with E-state index in [4.69, 9.17) is 10.00 Å². The Kier molecular flexibility index (Phi) is 7.04. The fraction of sp³-hybridized carbons (Fsp3) is 0.500. The molecule has 1 rings (SSSR count). The van der Waals surface area contributed by atoms with E-state index in [2.05, 4.69) is 0 Å². The van der Waals surface area contributed by atoms with Crippen LogP contribution < -0.4 is 0 Å². The van der Waals surface area contributed by atoms with Crippen LogP contribution in [0.1, 0.15) is 12.0 Å². The molecule has 0 saturated heterocycles. The molecule has 0 aliphatic heterocycles. The standard InChI is InChI=1S/C14H19FN2O2/c1-17(8-4-7-16)9-13(18)11-19-10-12-5-2-3-6-14(12)15/h2-3,5-6,13,18H,4,8-11H2,1H3. The lowest BCUT2D eigenvalue weighted by molar-refractivity contribution is 0.0132. The van der Waals surface area contributed by atoms with Gasteiger partial charge < -0.3 is 14.7 Å². The number of aliphatic hydroxyl groups is 1. The Morgan fingerprint density at radius 2 is 2.21 bits per heavy atom. The zero-order chi connectivity index (χ0) is 14.1. The van der Waals surface area contributed by atoms with E-state index in [1.807, 2.05) is 18.0 Å². The second kappa shape index (κ2) is 8.59. The third kappa shape index (κ3) is 6.30. The van der Waals surface area contributed by atoms with E-state index in [1.165, 1.54) is 6.07 Å². The Bertz CT molecular complexity index is 420. The van der Waals surface area contributed by atoms with Gasteiger partial charge in [0.15, 0.2) is 0 Å². The van der Waals surface area contributed by atoms with E-state index in [9.17, 15) is 9.50 Å². The average molecular weight is 266 g/mol. The number of halogens is 1. The molecule has 0 fully saturated rings. The van der Waals surface area contributed by atoms with Crippen molar-refractivity contribution in [3.05, 3.63) is 35.6 Å². The Morgan fingerprint density at radius 3 is 2.89 bits per heavy atom. The fourth-order valence-electron chi connectivity index (χ4n) is 1.66. The predicted octanol–water partition coefficient (Wildman–Crippen LogP) is 1.55. The van der Waals surface area contributed by atoms with E-state index in [1.54, 1.807) is 18.2 Å². The minimum atomic E-state index is -0.643. The highest BCUT2D eigenvalue weighted by Gasteiger charge is 2.09. The van der Waals surface area contributed by atoms with Gasteiger partial charge in [0, 0.05) is 25.1 Å². The van der Waals surface area contributed by atoms with Crippen molar-refractivity contribution < 1.29 is 14.2 Å². The van der Waals surface area contributed by atoms with Crippen LogP contribution in [0.2, 0.25) is 0 Å². The molecule has 19 heavy (non-hydrogen) atoms. The summed E-state index contributed by atoms with van der Waals surface area (Å²) < 4.78 is 18.6. The number of ether oxygens (including phenoxy) is 1. The molecule has 4 nitrogen and oxygen atoms in total. The van der Waals surface area contributed by atoms with Crippen LogP contribution in [-0.4, -0.2) is 42.9 Å². The van der Waals surface area contributed by atoms with Crippen molar-refractivity contribution in [3.8, 4) is 6.07 Å². The summed E-state index contributed by atoms with van der Waals surface area (Å²) in [6, 6.07) is 8.45. The second-order valence-electron chi connectivity index (χ2n) is 4.43. The number of hydrogen-bond acceptors (Lipinski definition) is 4. The van der Waals surface area contributed by atoms with Crippen molar-refractivity contribution >= 4 is 0 Å². The highest BCUT2D eigenvalue weighted by Crippen LogP contribution is 2.07. The number of aliphatic hydroxyl groups excluding tert-OH is 1. The van der Waals surface area contributed by atoms with Crippen LogP contribution in [0.3, 0.4) is 0 Å². The number of likely N-dealkylation sites (N-methyl/N-ethyl adjacent to an activating group) is 1. The molecule has 1 aromatic carbocycles. The van der Waals surface area contributed by atoms with E-state index in [0.29, 0.717) is 25.1 Å². The van der Waals surface area contributed by atoms with Crippen molar-refractivity contribution in [2.45, 2.75) is 19.1 Å². The summed E-state index contributed by atoms with van der Waals surface area (Å²) >= 11 is 0. The van der Waals surface area contributed by atoms with Crippen LogP contribution in [0.5, 0.6) is 0 Å². The molecule has 1 atom stereocenters. The summed E-state index contributed by atoms with van der Waals surface area (Å²) in [5.74, 6) is -0.303. The van der Waals surface area contributed by atoms with Crippen LogP contribution in [0, 0.1) is 17.1 Å². The fourth-order valence-corrected chi connectivity index (χ4v) is 1.66. The third-order valence-corrected chi connectivity index (χ3v) is 2.65. The van der Waals surface area contributed by atoms with Gasteiger partial charge in [-0.1, -0.05) is 18.2 Å². The van der Waals surface area contributed by atoms with E-state index in [0.717, 1.165) is 0 Å². The van der Waals surface area contributed by atoms with Crippen molar-refractivity contribution in [2.24, 2.45) is 0 Å². The zero-order valence-corrected chi connectivity index (χ0v) is 11.1. The average Bonchev–Trinajstić information content (AvgIpc) is 2.38. The van der Waals surface area contributed by atoms with Crippen LogP contribution in [0.25, 0.3) is 0 Å². The quantitative estimate of drug-likeness (QED) is 0.775. The lowest BCUT2D eigenvalue weighted by atomic mass is 10.2. The molecule has 0 radical (unpaired) electrons. The van der Waals surface area contributed by atoms with Crippen molar-refractivity contribution in [1.29, 1.82) is 5.26 Å². The highest BCUT2D eigenvalue weighted by atomic mass is 19.1. The molecule has 0 aliphatic carbocycles. The molecule has 104 valence electrons. The first-order chi connectivity index (χ1) is 9.13. The Balaban J connectivity index is 2.22. The van der Waals surface area contributed by atoms with E-state index >= 15 is 0 Å². The summed E-state index contributed by atoms with van der Waals surface area (Å²) in [4.78, 5) is 1.86. The van der Waals surface area contributed by atoms with Gasteiger partial charge in [-0.2, -0.15) is 5.26 Å². The SMILES string of the molecule is CN(CCC#N)CC(O)COCc1ccccc1F. The summed E-state index contributed by atoms with van der Waals surface area (Å²) in [6.45, 7) is 1.33. The molecule has 1 unspecified atom stereocenters. The number of rotatable bonds is 8. The molecule has 0 aliphatic rings. The Hall–Kier alpha value is -1.48. The van der Waals surface area contributed by atoms with Gasteiger partial charge in [-0.15, -0.1) is 0 Å². The molecule has 0 aromatic heterocycles. The summed E-state index contributed by atoms with van der Waals surface area (Å²) in [5.41, 5.74) is 0.479.